The summed E-state index contributed by atoms with van der Waals surface area (Å²) in [6.45, 7) is 0.0582. The molecule has 1 rings (SSSR count). The fourth-order valence-corrected chi connectivity index (χ4v) is 1.58. The maximum Gasteiger partial charge on any atom is 0.234 e. The number of alkyl halides is 2. The van der Waals surface area contributed by atoms with Crippen molar-refractivity contribution in [3.8, 4) is 6.07 Å². The van der Waals surface area contributed by atoms with E-state index in [4.69, 9.17) is 5.26 Å². The van der Waals surface area contributed by atoms with Crippen molar-refractivity contribution in [2.75, 3.05) is 11.9 Å². The predicted molar refractivity (Wildman–Crippen MR) is 44.4 cm³/mol. The van der Waals surface area contributed by atoms with Crippen molar-refractivity contribution in [3.63, 3.8) is 0 Å². The molecular formula is C7H8BrFN2O. The van der Waals surface area contributed by atoms with Crippen LogP contribution in [0.2, 0.25) is 0 Å². The Hall–Kier alpha value is -0.630. The normalized spacial score (nSPS) is 28.6. The maximum atomic E-state index is 12.7. The number of halogens is 2. The first-order valence-corrected chi connectivity index (χ1v) is 4.70. The van der Waals surface area contributed by atoms with Crippen LogP contribution in [0.4, 0.5) is 4.39 Å². The van der Waals surface area contributed by atoms with Gasteiger partial charge in [0, 0.05) is 6.42 Å². The van der Waals surface area contributed by atoms with E-state index in [-0.39, 0.29) is 24.2 Å². The zero-order valence-electron chi connectivity index (χ0n) is 6.33. The molecule has 12 heavy (non-hydrogen) atoms. The highest BCUT2D eigenvalue weighted by molar-refractivity contribution is 9.09. The van der Waals surface area contributed by atoms with Gasteiger partial charge in [-0.15, -0.1) is 0 Å². The van der Waals surface area contributed by atoms with Crippen LogP contribution in [0.3, 0.4) is 0 Å². The van der Waals surface area contributed by atoms with Crippen LogP contribution in [0.1, 0.15) is 6.42 Å². The van der Waals surface area contributed by atoms with E-state index in [1.165, 1.54) is 4.90 Å². The van der Waals surface area contributed by atoms with Gasteiger partial charge in [-0.1, -0.05) is 15.9 Å². The Morgan fingerprint density at radius 1 is 1.83 bits per heavy atom. The average Bonchev–Trinajstić information content (AvgIpc) is 2.45. The predicted octanol–water partition coefficient (Wildman–Crippen LogP) is 0.844. The van der Waals surface area contributed by atoms with E-state index in [1.807, 2.05) is 6.07 Å². The molecule has 0 spiro atoms. The molecule has 0 aromatic heterocycles. The van der Waals surface area contributed by atoms with Crippen LogP contribution in [-0.4, -0.2) is 34.9 Å². The number of carbonyl (C=O) groups excluding carboxylic acids is 1. The molecule has 0 radical (unpaired) electrons. The van der Waals surface area contributed by atoms with E-state index >= 15 is 0 Å². The minimum atomic E-state index is -1.04. The van der Waals surface area contributed by atoms with Crippen LogP contribution in [0.5, 0.6) is 0 Å². The summed E-state index contributed by atoms with van der Waals surface area (Å²) in [7, 11) is 0. The van der Waals surface area contributed by atoms with Crippen LogP contribution in [-0.2, 0) is 4.79 Å². The van der Waals surface area contributed by atoms with Crippen LogP contribution in [0, 0.1) is 11.3 Å². The number of carbonyl (C=O) groups is 1. The van der Waals surface area contributed by atoms with Crippen LogP contribution in [0.15, 0.2) is 0 Å². The van der Waals surface area contributed by atoms with Crippen molar-refractivity contribution in [1.82, 2.24) is 4.90 Å². The summed E-state index contributed by atoms with van der Waals surface area (Å²) in [6.07, 6.45) is -0.896. The first-order valence-electron chi connectivity index (χ1n) is 3.58. The lowest BCUT2D eigenvalue weighted by Gasteiger charge is -2.17. The number of likely N-dealkylation sites (tertiary alicyclic amines) is 1. The van der Waals surface area contributed by atoms with Gasteiger partial charge in [0.05, 0.1) is 17.9 Å². The topological polar surface area (TPSA) is 44.1 Å². The second-order valence-corrected chi connectivity index (χ2v) is 3.22. The Morgan fingerprint density at radius 3 is 3.00 bits per heavy atom. The smallest absolute Gasteiger partial charge is 0.234 e. The highest BCUT2D eigenvalue weighted by atomic mass is 79.9. The molecule has 0 saturated carbocycles. The van der Waals surface area contributed by atoms with Gasteiger partial charge in [-0.3, -0.25) is 4.79 Å². The summed E-state index contributed by atoms with van der Waals surface area (Å²) >= 11 is 2.98. The number of nitriles is 1. The molecule has 0 N–H and O–H groups in total. The molecule has 1 aliphatic rings. The van der Waals surface area contributed by atoms with Crippen molar-refractivity contribution in [2.45, 2.75) is 18.6 Å². The lowest BCUT2D eigenvalue weighted by Crippen LogP contribution is -2.35. The quantitative estimate of drug-likeness (QED) is 0.632. The Labute approximate surface area is 78.3 Å². The van der Waals surface area contributed by atoms with Crippen molar-refractivity contribution in [1.29, 1.82) is 5.26 Å². The van der Waals surface area contributed by atoms with Crippen LogP contribution in [0.25, 0.3) is 0 Å². The van der Waals surface area contributed by atoms with Gasteiger partial charge in [0.1, 0.15) is 12.2 Å². The first kappa shape index (κ1) is 9.46. The fraction of sp³-hybridized carbons (Fsp3) is 0.714. The van der Waals surface area contributed by atoms with Gasteiger partial charge in [0.25, 0.3) is 0 Å². The first-order chi connectivity index (χ1) is 5.69. The SMILES string of the molecule is N#CC1CC(F)CN1C(=O)CBr. The third kappa shape index (κ3) is 1.75. The Balaban J connectivity index is 2.65. The standard InChI is InChI=1S/C7H8BrFN2O/c8-2-7(12)11-4-5(9)1-6(11)3-10/h5-6H,1-2,4H2. The van der Waals surface area contributed by atoms with Gasteiger partial charge < -0.3 is 4.90 Å². The molecule has 66 valence electrons. The van der Waals surface area contributed by atoms with E-state index in [9.17, 15) is 9.18 Å². The van der Waals surface area contributed by atoms with Crippen molar-refractivity contribution in [2.24, 2.45) is 0 Å². The molecule has 1 heterocycles. The summed E-state index contributed by atoms with van der Waals surface area (Å²) in [5, 5.41) is 8.72. The molecule has 5 heteroatoms. The Kier molecular flexibility index (Phi) is 3.04. The highest BCUT2D eigenvalue weighted by Crippen LogP contribution is 2.20. The second kappa shape index (κ2) is 3.85. The lowest BCUT2D eigenvalue weighted by molar-refractivity contribution is -0.128. The molecule has 0 aliphatic carbocycles. The van der Waals surface area contributed by atoms with Gasteiger partial charge in [-0.05, 0) is 0 Å². The zero-order valence-corrected chi connectivity index (χ0v) is 7.92. The van der Waals surface area contributed by atoms with Gasteiger partial charge in [-0.25, -0.2) is 4.39 Å². The van der Waals surface area contributed by atoms with Crippen molar-refractivity contribution >= 4 is 21.8 Å². The van der Waals surface area contributed by atoms with Crippen molar-refractivity contribution < 1.29 is 9.18 Å². The molecule has 1 amide bonds. The molecule has 1 saturated heterocycles. The van der Waals surface area contributed by atoms with Crippen LogP contribution >= 0.6 is 15.9 Å². The Bertz CT molecular complexity index is 228. The molecule has 0 bridgehead atoms. The minimum absolute atomic E-state index is 0.0582. The minimum Gasteiger partial charge on any atom is -0.323 e. The van der Waals surface area contributed by atoms with Crippen molar-refractivity contribution in [3.05, 3.63) is 0 Å². The zero-order chi connectivity index (χ0) is 9.14. The van der Waals surface area contributed by atoms with E-state index < -0.39 is 12.2 Å². The molecule has 1 aliphatic heterocycles. The maximum absolute atomic E-state index is 12.7. The monoisotopic (exact) mass is 234 g/mol. The molecule has 2 atom stereocenters. The third-order valence-electron chi connectivity index (χ3n) is 1.83. The molecular weight excluding hydrogens is 227 g/mol. The molecule has 2 unspecified atom stereocenters. The highest BCUT2D eigenvalue weighted by Gasteiger charge is 2.34. The van der Waals surface area contributed by atoms with Gasteiger partial charge in [0.2, 0.25) is 5.91 Å². The summed E-state index contributed by atoms with van der Waals surface area (Å²) in [5.74, 6) is -0.221. The van der Waals surface area contributed by atoms with Gasteiger partial charge in [0.15, 0.2) is 0 Å². The number of nitrogens with zero attached hydrogens (tertiary/aromatic N) is 2. The molecule has 1 fully saturated rings. The Morgan fingerprint density at radius 2 is 2.50 bits per heavy atom. The second-order valence-electron chi connectivity index (χ2n) is 2.66. The summed E-state index contributed by atoms with van der Waals surface area (Å²) in [4.78, 5) is 12.4. The largest absolute Gasteiger partial charge is 0.323 e. The van der Waals surface area contributed by atoms with Gasteiger partial charge >= 0.3 is 0 Å². The van der Waals surface area contributed by atoms with E-state index in [0.29, 0.717) is 0 Å². The van der Waals surface area contributed by atoms with E-state index in [2.05, 4.69) is 15.9 Å². The summed E-state index contributed by atoms with van der Waals surface area (Å²) < 4.78 is 12.7. The lowest BCUT2D eigenvalue weighted by atomic mass is 10.2. The molecule has 0 aromatic rings. The molecule has 3 nitrogen and oxygen atoms in total. The average molecular weight is 235 g/mol. The number of amides is 1. The van der Waals surface area contributed by atoms with Gasteiger partial charge in [-0.2, -0.15) is 5.26 Å². The fourth-order valence-electron chi connectivity index (χ4n) is 1.26. The van der Waals surface area contributed by atoms with Crippen LogP contribution < -0.4 is 0 Å². The van der Waals surface area contributed by atoms with E-state index in [0.717, 1.165) is 0 Å². The number of hydrogen-bond acceptors (Lipinski definition) is 2. The summed E-state index contributed by atoms with van der Waals surface area (Å²) in [6, 6.07) is 1.33. The third-order valence-corrected chi connectivity index (χ3v) is 2.31. The number of hydrogen-bond donors (Lipinski definition) is 0. The van der Waals surface area contributed by atoms with E-state index in [1.54, 1.807) is 0 Å². The summed E-state index contributed by atoms with van der Waals surface area (Å²) in [5.41, 5.74) is 0. The number of rotatable bonds is 1. The molecule has 0 aromatic carbocycles.